The van der Waals surface area contributed by atoms with Gasteiger partial charge in [0.25, 0.3) is 0 Å². The van der Waals surface area contributed by atoms with Crippen molar-refractivity contribution in [1.29, 1.82) is 0 Å². The minimum atomic E-state index is -0.479. The Balaban J connectivity index is 1.83. The van der Waals surface area contributed by atoms with Crippen LogP contribution in [0.3, 0.4) is 0 Å². The zero-order valence-electron chi connectivity index (χ0n) is 14.5. The summed E-state index contributed by atoms with van der Waals surface area (Å²) in [7, 11) is 0. The Hall–Kier alpha value is -2.44. The standard InChI is InChI=1S/C17H26N4O3/c1-17(2,3)24-16(22)19-10-12-8-9-21(11-12)14-6-4-13(5-7-14)15(18)20-23/h4-7,12,23H,8-11H2,1-3H3,(H2,18,20)(H,19,22). The molecule has 0 aromatic heterocycles. The minimum Gasteiger partial charge on any atom is -0.444 e. The summed E-state index contributed by atoms with van der Waals surface area (Å²) in [5.41, 5.74) is 6.86. The van der Waals surface area contributed by atoms with E-state index in [1.807, 2.05) is 45.0 Å². The summed E-state index contributed by atoms with van der Waals surface area (Å²) < 4.78 is 5.25. The van der Waals surface area contributed by atoms with Gasteiger partial charge in [-0.15, -0.1) is 0 Å². The Morgan fingerprint density at radius 3 is 2.67 bits per heavy atom. The van der Waals surface area contributed by atoms with Crippen LogP contribution in [-0.4, -0.2) is 42.4 Å². The van der Waals surface area contributed by atoms with Crippen LogP contribution in [0.5, 0.6) is 0 Å². The van der Waals surface area contributed by atoms with Crippen molar-refractivity contribution >= 4 is 17.6 Å². The number of hydrogen-bond donors (Lipinski definition) is 3. The Kier molecular flexibility index (Phi) is 5.54. The molecule has 0 aliphatic carbocycles. The first kappa shape index (κ1) is 17.9. The number of carbonyl (C=O) groups excluding carboxylic acids is 1. The van der Waals surface area contributed by atoms with Gasteiger partial charge >= 0.3 is 6.09 Å². The monoisotopic (exact) mass is 334 g/mol. The molecule has 1 aliphatic heterocycles. The number of nitrogens with one attached hydrogen (secondary N) is 1. The maximum absolute atomic E-state index is 11.7. The Bertz CT molecular complexity index is 593. The maximum atomic E-state index is 11.7. The third-order valence-corrected chi connectivity index (χ3v) is 3.86. The largest absolute Gasteiger partial charge is 0.444 e. The normalized spacial score (nSPS) is 18.5. The van der Waals surface area contributed by atoms with Gasteiger partial charge in [0.15, 0.2) is 5.84 Å². The van der Waals surface area contributed by atoms with Gasteiger partial charge in [-0.1, -0.05) is 5.16 Å². The van der Waals surface area contributed by atoms with Gasteiger partial charge in [0.1, 0.15) is 5.60 Å². The Labute approximate surface area is 142 Å². The van der Waals surface area contributed by atoms with E-state index >= 15 is 0 Å². The molecule has 1 fully saturated rings. The first-order valence-electron chi connectivity index (χ1n) is 8.08. The van der Waals surface area contributed by atoms with E-state index in [9.17, 15) is 4.79 Å². The van der Waals surface area contributed by atoms with Crippen LogP contribution in [0.1, 0.15) is 32.8 Å². The molecular weight excluding hydrogens is 308 g/mol. The predicted molar refractivity (Wildman–Crippen MR) is 93.5 cm³/mol. The van der Waals surface area contributed by atoms with E-state index in [2.05, 4.69) is 15.4 Å². The molecule has 1 heterocycles. The maximum Gasteiger partial charge on any atom is 0.407 e. The van der Waals surface area contributed by atoms with Crippen LogP contribution in [0.2, 0.25) is 0 Å². The second-order valence-electron chi connectivity index (χ2n) is 7.02. The molecule has 7 heteroatoms. The molecule has 0 saturated carbocycles. The number of carbonyl (C=O) groups is 1. The number of alkyl carbamates (subject to hydrolysis) is 1. The highest BCUT2D eigenvalue weighted by molar-refractivity contribution is 5.97. The highest BCUT2D eigenvalue weighted by Crippen LogP contribution is 2.24. The van der Waals surface area contributed by atoms with Crippen LogP contribution in [0.4, 0.5) is 10.5 Å². The molecule has 1 aliphatic rings. The van der Waals surface area contributed by atoms with Gasteiger partial charge in [-0.25, -0.2) is 4.79 Å². The van der Waals surface area contributed by atoms with Crippen molar-refractivity contribution in [3.63, 3.8) is 0 Å². The van der Waals surface area contributed by atoms with Crippen molar-refractivity contribution in [2.75, 3.05) is 24.5 Å². The molecule has 4 N–H and O–H groups in total. The van der Waals surface area contributed by atoms with Crippen molar-refractivity contribution in [1.82, 2.24) is 5.32 Å². The molecule has 0 radical (unpaired) electrons. The second kappa shape index (κ2) is 7.42. The fourth-order valence-corrected chi connectivity index (χ4v) is 2.68. The van der Waals surface area contributed by atoms with Gasteiger partial charge in [-0.3, -0.25) is 0 Å². The first-order chi connectivity index (χ1) is 11.3. The Morgan fingerprint density at radius 1 is 1.42 bits per heavy atom. The summed E-state index contributed by atoms with van der Waals surface area (Å²) >= 11 is 0. The lowest BCUT2D eigenvalue weighted by Crippen LogP contribution is -2.36. The topological polar surface area (TPSA) is 100 Å². The van der Waals surface area contributed by atoms with Crippen LogP contribution < -0.4 is 16.0 Å². The van der Waals surface area contributed by atoms with Crippen molar-refractivity contribution in [2.24, 2.45) is 16.8 Å². The number of nitrogens with zero attached hydrogens (tertiary/aromatic N) is 2. The molecule has 1 unspecified atom stereocenters. The number of oxime groups is 1. The molecule has 2 rings (SSSR count). The minimum absolute atomic E-state index is 0.0995. The van der Waals surface area contributed by atoms with E-state index in [-0.39, 0.29) is 11.9 Å². The van der Waals surface area contributed by atoms with E-state index in [1.54, 1.807) is 0 Å². The molecule has 24 heavy (non-hydrogen) atoms. The molecule has 1 saturated heterocycles. The van der Waals surface area contributed by atoms with Crippen molar-refractivity contribution in [2.45, 2.75) is 32.8 Å². The molecular formula is C17H26N4O3. The van der Waals surface area contributed by atoms with E-state index in [0.29, 0.717) is 18.0 Å². The van der Waals surface area contributed by atoms with Crippen LogP contribution in [-0.2, 0) is 4.74 Å². The number of benzene rings is 1. The van der Waals surface area contributed by atoms with Gasteiger partial charge in [0.2, 0.25) is 0 Å². The van der Waals surface area contributed by atoms with Gasteiger partial charge in [0, 0.05) is 30.9 Å². The summed E-state index contributed by atoms with van der Waals surface area (Å²) in [6, 6.07) is 7.57. The third-order valence-electron chi connectivity index (χ3n) is 3.86. The van der Waals surface area contributed by atoms with E-state index in [1.165, 1.54) is 0 Å². The highest BCUT2D eigenvalue weighted by atomic mass is 16.6. The van der Waals surface area contributed by atoms with Gasteiger partial charge in [0.05, 0.1) is 0 Å². The second-order valence-corrected chi connectivity index (χ2v) is 7.02. The van der Waals surface area contributed by atoms with Gasteiger partial charge in [-0.2, -0.15) is 0 Å². The fourth-order valence-electron chi connectivity index (χ4n) is 2.68. The van der Waals surface area contributed by atoms with E-state index < -0.39 is 5.60 Å². The quantitative estimate of drug-likeness (QED) is 0.339. The summed E-state index contributed by atoms with van der Waals surface area (Å²) in [5.74, 6) is 0.490. The number of rotatable bonds is 4. The van der Waals surface area contributed by atoms with Crippen LogP contribution >= 0.6 is 0 Å². The highest BCUT2D eigenvalue weighted by Gasteiger charge is 2.24. The zero-order valence-corrected chi connectivity index (χ0v) is 14.5. The van der Waals surface area contributed by atoms with Crippen molar-refractivity contribution in [3.8, 4) is 0 Å². The molecule has 1 aromatic carbocycles. The summed E-state index contributed by atoms with van der Waals surface area (Å²) in [6.07, 6.45) is 0.640. The summed E-state index contributed by atoms with van der Waals surface area (Å²) in [6.45, 7) is 7.96. The smallest absolute Gasteiger partial charge is 0.407 e. The summed E-state index contributed by atoms with van der Waals surface area (Å²) in [4.78, 5) is 14.0. The lowest BCUT2D eigenvalue weighted by molar-refractivity contribution is 0.0520. The third kappa shape index (κ3) is 5.04. The molecule has 1 atom stereocenters. The lowest BCUT2D eigenvalue weighted by Gasteiger charge is -2.21. The van der Waals surface area contributed by atoms with Crippen LogP contribution in [0, 0.1) is 5.92 Å². The van der Waals surface area contributed by atoms with Crippen LogP contribution in [0.15, 0.2) is 29.4 Å². The zero-order chi connectivity index (χ0) is 17.7. The predicted octanol–water partition coefficient (Wildman–Crippen LogP) is 2.13. The number of amidine groups is 1. The molecule has 1 amide bonds. The number of anilines is 1. The molecule has 7 nitrogen and oxygen atoms in total. The number of amides is 1. The molecule has 132 valence electrons. The number of hydrogen-bond acceptors (Lipinski definition) is 5. The van der Waals surface area contributed by atoms with Gasteiger partial charge in [-0.05, 0) is 57.4 Å². The fraction of sp³-hybridized carbons (Fsp3) is 0.529. The average molecular weight is 334 g/mol. The first-order valence-corrected chi connectivity index (χ1v) is 8.08. The van der Waals surface area contributed by atoms with E-state index in [4.69, 9.17) is 15.7 Å². The summed E-state index contributed by atoms with van der Waals surface area (Å²) in [5, 5.41) is 14.5. The molecule has 0 spiro atoms. The Morgan fingerprint density at radius 2 is 2.08 bits per heavy atom. The number of nitrogens with two attached hydrogens (primary N) is 1. The molecule has 1 aromatic rings. The van der Waals surface area contributed by atoms with Gasteiger partial charge < -0.3 is 25.9 Å². The van der Waals surface area contributed by atoms with E-state index in [0.717, 1.165) is 25.2 Å². The average Bonchev–Trinajstić information content (AvgIpc) is 2.99. The van der Waals surface area contributed by atoms with Crippen molar-refractivity contribution in [3.05, 3.63) is 29.8 Å². The number of ether oxygens (including phenoxy) is 1. The SMILES string of the molecule is CC(C)(C)OC(=O)NCC1CCN(c2ccc(C(N)=NO)cc2)C1. The van der Waals surface area contributed by atoms with Crippen molar-refractivity contribution < 1.29 is 14.7 Å². The van der Waals surface area contributed by atoms with Crippen LogP contribution in [0.25, 0.3) is 0 Å². The molecule has 0 bridgehead atoms. The lowest BCUT2D eigenvalue weighted by atomic mass is 10.1.